The quantitative estimate of drug-likeness (QED) is 0.294. The van der Waals surface area contributed by atoms with E-state index in [4.69, 9.17) is 0 Å². The largest absolute Gasteiger partial charge is 0.322 e. The molecule has 176 valence electrons. The van der Waals surface area contributed by atoms with Crippen LogP contribution >= 0.6 is 11.8 Å². The Morgan fingerprint density at radius 1 is 1.00 bits per heavy atom. The standard InChI is InChI=1S/C24H19N5O5S/c30-22(26-21-14-23(31)28(27-21)18-8-2-1-3-9-18)15-35-20-11-5-7-17(13-20)25-24(32)16-6-4-10-19(12-16)29(33)34/h1-13H,14-15H2,(H,25,32)(H,26,27,30). The number of carbonyl (C=O) groups excluding carboxylic acids is 3. The molecule has 0 aliphatic carbocycles. The monoisotopic (exact) mass is 489 g/mol. The van der Waals surface area contributed by atoms with Crippen LogP contribution in [0.5, 0.6) is 0 Å². The van der Waals surface area contributed by atoms with Crippen molar-refractivity contribution in [2.45, 2.75) is 11.3 Å². The molecule has 3 aromatic rings. The summed E-state index contributed by atoms with van der Waals surface area (Å²) in [5.41, 5.74) is 1.10. The zero-order valence-corrected chi connectivity index (χ0v) is 19.0. The number of carbonyl (C=O) groups is 3. The number of nitro groups is 1. The minimum Gasteiger partial charge on any atom is -0.322 e. The van der Waals surface area contributed by atoms with Crippen LogP contribution in [0.25, 0.3) is 0 Å². The topological polar surface area (TPSA) is 134 Å². The lowest BCUT2D eigenvalue weighted by Gasteiger charge is -2.10. The first-order valence-corrected chi connectivity index (χ1v) is 11.4. The minimum absolute atomic E-state index is 0.00443. The normalized spacial score (nSPS) is 12.7. The van der Waals surface area contributed by atoms with Gasteiger partial charge in [-0.3, -0.25) is 24.5 Å². The number of thioether (sulfide) groups is 1. The smallest absolute Gasteiger partial charge is 0.270 e. The Hall–Kier alpha value is -4.51. The third-order valence-electron chi connectivity index (χ3n) is 4.84. The number of non-ortho nitro benzene ring substituents is 1. The summed E-state index contributed by atoms with van der Waals surface area (Å²) in [4.78, 5) is 48.2. The number of rotatable bonds is 7. The molecule has 35 heavy (non-hydrogen) atoms. The Morgan fingerprint density at radius 3 is 2.54 bits per heavy atom. The van der Waals surface area contributed by atoms with E-state index < -0.39 is 10.8 Å². The van der Waals surface area contributed by atoms with E-state index in [1.165, 1.54) is 41.0 Å². The highest BCUT2D eigenvalue weighted by molar-refractivity contribution is 8.00. The van der Waals surface area contributed by atoms with Crippen LogP contribution in [0.15, 0.2) is 88.9 Å². The summed E-state index contributed by atoms with van der Waals surface area (Å²) in [5, 5.41) is 21.7. The Morgan fingerprint density at radius 2 is 1.77 bits per heavy atom. The summed E-state index contributed by atoms with van der Waals surface area (Å²) in [5.74, 6) is -0.683. The SMILES string of the molecule is O=C(CSc1cccc(NC(=O)c2cccc([N+](=O)[O-])c2)c1)NC1=NN(c2ccccc2)C(=O)C1. The van der Waals surface area contributed by atoms with Gasteiger partial charge in [-0.15, -0.1) is 11.8 Å². The number of hydrogen-bond donors (Lipinski definition) is 2. The van der Waals surface area contributed by atoms with Crippen LogP contribution in [0, 0.1) is 10.1 Å². The first-order chi connectivity index (χ1) is 16.9. The number of hydrazone groups is 1. The Kier molecular flexibility index (Phi) is 7.17. The van der Waals surface area contributed by atoms with Gasteiger partial charge >= 0.3 is 0 Å². The molecule has 0 unspecified atom stereocenters. The van der Waals surface area contributed by atoms with E-state index in [9.17, 15) is 24.5 Å². The maximum atomic E-state index is 12.5. The number of anilines is 2. The molecule has 0 aromatic heterocycles. The number of amides is 3. The molecule has 0 fully saturated rings. The van der Waals surface area contributed by atoms with Crippen LogP contribution in [0.3, 0.4) is 0 Å². The molecule has 2 N–H and O–H groups in total. The zero-order chi connectivity index (χ0) is 24.8. The molecule has 10 nitrogen and oxygen atoms in total. The second kappa shape index (κ2) is 10.6. The van der Waals surface area contributed by atoms with Crippen LogP contribution in [0.4, 0.5) is 17.1 Å². The van der Waals surface area contributed by atoms with Crippen molar-refractivity contribution in [3.05, 3.63) is 94.5 Å². The summed E-state index contributed by atoms with van der Waals surface area (Å²) in [7, 11) is 0. The first kappa shape index (κ1) is 23.6. The second-order valence-electron chi connectivity index (χ2n) is 7.39. The molecule has 11 heteroatoms. The van der Waals surface area contributed by atoms with Crippen LogP contribution < -0.4 is 15.6 Å². The van der Waals surface area contributed by atoms with Crippen molar-refractivity contribution in [2.24, 2.45) is 5.10 Å². The first-order valence-electron chi connectivity index (χ1n) is 10.4. The third-order valence-corrected chi connectivity index (χ3v) is 5.83. The number of hydrogen-bond acceptors (Lipinski definition) is 7. The van der Waals surface area contributed by atoms with Crippen molar-refractivity contribution >= 4 is 52.4 Å². The van der Waals surface area contributed by atoms with E-state index in [1.54, 1.807) is 48.5 Å². The summed E-state index contributed by atoms with van der Waals surface area (Å²) in [6.45, 7) is 0. The molecule has 1 aliphatic heterocycles. The lowest BCUT2D eigenvalue weighted by molar-refractivity contribution is -0.384. The number of para-hydroxylation sites is 1. The van der Waals surface area contributed by atoms with Crippen LogP contribution in [-0.2, 0) is 9.59 Å². The molecule has 1 heterocycles. The van der Waals surface area contributed by atoms with Crippen LogP contribution in [0.1, 0.15) is 16.8 Å². The molecule has 1 aliphatic rings. The van der Waals surface area contributed by atoms with E-state index in [0.717, 1.165) is 4.90 Å². The minimum atomic E-state index is -0.564. The summed E-state index contributed by atoms with van der Waals surface area (Å²) in [6, 6.07) is 21.3. The van der Waals surface area contributed by atoms with Crippen LogP contribution in [-0.4, -0.2) is 34.2 Å². The van der Waals surface area contributed by atoms with Gasteiger partial charge < -0.3 is 10.6 Å². The van der Waals surface area contributed by atoms with Gasteiger partial charge in [0.25, 0.3) is 17.5 Å². The van der Waals surface area contributed by atoms with Gasteiger partial charge in [-0.05, 0) is 36.4 Å². The average Bonchev–Trinajstić information content (AvgIpc) is 3.23. The van der Waals surface area contributed by atoms with Crippen molar-refractivity contribution in [2.75, 3.05) is 16.1 Å². The van der Waals surface area contributed by atoms with Gasteiger partial charge in [-0.2, -0.15) is 10.1 Å². The van der Waals surface area contributed by atoms with E-state index >= 15 is 0 Å². The molecule has 0 bridgehead atoms. The third kappa shape index (κ3) is 6.09. The predicted molar refractivity (Wildman–Crippen MR) is 132 cm³/mol. The number of nitro benzene ring substituents is 1. The summed E-state index contributed by atoms with van der Waals surface area (Å²) >= 11 is 1.25. The Labute approximate surface area is 204 Å². The van der Waals surface area contributed by atoms with Crippen molar-refractivity contribution in [3.63, 3.8) is 0 Å². The Balaban J connectivity index is 1.32. The molecule has 3 amide bonds. The highest BCUT2D eigenvalue weighted by atomic mass is 32.2. The summed E-state index contributed by atoms with van der Waals surface area (Å²) in [6.07, 6.45) is 0.00443. The highest BCUT2D eigenvalue weighted by Crippen LogP contribution is 2.23. The van der Waals surface area contributed by atoms with E-state index in [0.29, 0.717) is 11.4 Å². The zero-order valence-electron chi connectivity index (χ0n) is 18.2. The molecular formula is C24H19N5O5S. The van der Waals surface area contributed by atoms with Gasteiger partial charge in [0, 0.05) is 28.3 Å². The van der Waals surface area contributed by atoms with Gasteiger partial charge in [-0.25, -0.2) is 0 Å². The fraction of sp³-hybridized carbons (Fsp3) is 0.0833. The number of benzene rings is 3. The second-order valence-corrected chi connectivity index (χ2v) is 8.44. The number of amidine groups is 1. The lowest BCUT2D eigenvalue weighted by atomic mass is 10.2. The molecule has 0 saturated heterocycles. The van der Waals surface area contributed by atoms with Crippen molar-refractivity contribution in [1.29, 1.82) is 0 Å². The van der Waals surface area contributed by atoms with E-state index in [2.05, 4.69) is 15.7 Å². The molecule has 0 spiro atoms. The maximum absolute atomic E-state index is 12.5. The van der Waals surface area contributed by atoms with Gasteiger partial charge in [0.05, 0.1) is 22.8 Å². The van der Waals surface area contributed by atoms with Crippen LogP contribution in [0.2, 0.25) is 0 Å². The van der Waals surface area contributed by atoms with Crippen molar-refractivity contribution in [3.8, 4) is 0 Å². The van der Waals surface area contributed by atoms with Gasteiger partial charge in [0.1, 0.15) is 5.84 Å². The molecule has 0 atom stereocenters. The molecular weight excluding hydrogens is 470 g/mol. The van der Waals surface area contributed by atoms with Crippen molar-refractivity contribution < 1.29 is 19.3 Å². The average molecular weight is 490 g/mol. The fourth-order valence-corrected chi connectivity index (χ4v) is 4.00. The molecule has 3 aromatic carbocycles. The molecule has 0 saturated carbocycles. The number of nitrogens with zero attached hydrogens (tertiary/aromatic N) is 3. The van der Waals surface area contributed by atoms with Gasteiger partial charge in [0.15, 0.2) is 0 Å². The van der Waals surface area contributed by atoms with E-state index in [1.807, 2.05) is 6.07 Å². The lowest BCUT2D eigenvalue weighted by Crippen LogP contribution is -2.31. The highest BCUT2D eigenvalue weighted by Gasteiger charge is 2.26. The van der Waals surface area contributed by atoms with Gasteiger partial charge in [-0.1, -0.05) is 30.3 Å². The Bertz CT molecular complexity index is 1330. The predicted octanol–water partition coefficient (Wildman–Crippen LogP) is 3.81. The molecule has 0 radical (unpaired) electrons. The number of nitrogens with one attached hydrogen (secondary N) is 2. The molecule has 4 rings (SSSR count). The van der Waals surface area contributed by atoms with E-state index in [-0.39, 0.29) is 41.1 Å². The van der Waals surface area contributed by atoms with Crippen molar-refractivity contribution in [1.82, 2.24) is 5.32 Å². The fourth-order valence-electron chi connectivity index (χ4n) is 3.24. The maximum Gasteiger partial charge on any atom is 0.270 e. The van der Waals surface area contributed by atoms with Gasteiger partial charge in [0.2, 0.25) is 5.91 Å². The summed E-state index contributed by atoms with van der Waals surface area (Å²) < 4.78 is 0.